The maximum absolute atomic E-state index is 11.1. The lowest BCUT2D eigenvalue weighted by molar-refractivity contribution is -0.107. The third-order valence-electron chi connectivity index (χ3n) is 2.54. The predicted octanol–water partition coefficient (Wildman–Crippen LogP) is 1.35. The van der Waals surface area contributed by atoms with Crippen molar-refractivity contribution in [3.63, 3.8) is 0 Å². The first kappa shape index (κ1) is 11.4. The number of aldehydes is 1. The summed E-state index contributed by atoms with van der Waals surface area (Å²) < 4.78 is 22.2. The van der Waals surface area contributed by atoms with Gasteiger partial charge in [-0.2, -0.15) is 0 Å². The summed E-state index contributed by atoms with van der Waals surface area (Å²) in [6, 6.07) is 0. The molecule has 3 nitrogen and oxygen atoms in total. The summed E-state index contributed by atoms with van der Waals surface area (Å²) in [7, 11) is -2.73. The molecule has 1 fully saturated rings. The minimum Gasteiger partial charge on any atom is -0.303 e. The second-order valence-corrected chi connectivity index (χ2v) is 6.01. The van der Waals surface area contributed by atoms with Crippen LogP contribution in [0.15, 0.2) is 12.2 Å². The predicted molar refractivity (Wildman–Crippen MR) is 55.8 cm³/mol. The molecule has 0 bridgehead atoms. The van der Waals surface area contributed by atoms with Crippen LogP contribution >= 0.6 is 0 Å². The quantitative estimate of drug-likeness (QED) is 0.526. The maximum atomic E-state index is 11.1. The Labute approximate surface area is 85.1 Å². The van der Waals surface area contributed by atoms with Crippen LogP contribution in [0.3, 0.4) is 0 Å². The molecule has 1 heterocycles. The molecule has 14 heavy (non-hydrogen) atoms. The molecule has 0 N–H and O–H groups in total. The second kappa shape index (κ2) is 5.29. The first-order valence-electron chi connectivity index (χ1n) is 4.93. The number of allylic oxidation sites excluding steroid dienone is 2. The summed E-state index contributed by atoms with van der Waals surface area (Å²) in [6.07, 6.45) is 7.60. The van der Waals surface area contributed by atoms with E-state index in [1.54, 1.807) is 0 Å². The molecule has 0 saturated carbocycles. The van der Waals surface area contributed by atoms with E-state index in [1.807, 2.05) is 12.2 Å². The third kappa shape index (κ3) is 4.05. The van der Waals surface area contributed by atoms with Gasteiger partial charge in [0.1, 0.15) is 16.1 Å². The van der Waals surface area contributed by atoms with Crippen molar-refractivity contribution in [2.75, 3.05) is 11.5 Å². The van der Waals surface area contributed by atoms with Crippen LogP contribution < -0.4 is 0 Å². The van der Waals surface area contributed by atoms with Gasteiger partial charge in [-0.25, -0.2) is 8.42 Å². The van der Waals surface area contributed by atoms with E-state index in [0.717, 1.165) is 25.5 Å². The molecule has 0 aromatic carbocycles. The van der Waals surface area contributed by atoms with E-state index < -0.39 is 9.84 Å². The standard InChI is InChI=1S/C10H16O3S/c11-7-3-1-2-4-10-5-8-14(12,13)9-6-10/h1-2,7,10H,3-6,8-9H2/b2-1-. The van der Waals surface area contributed by atoms with Crippen LogP contribution in [0, 0.1) is 5.92 Å². The van der Waals surface area contributed by atoms with Gasteiger partial charge in [0, 0.05) is 6.42 Å². The van der Waals surface area contributed by atoms with Crippen molar-refractivity contribution >= 4 is 16.1 Å². The van der Waals surface area contributed by atoms with E-state index in [1.165, 1.54) is 0 Å². The first-order chi connectivity index (χ1) is 6.64. The zero-order valence-electron chi connectivity index (χ0n) is 8.19. The summed E-state index contributed by atoms with van der Waals surface area (Å²) in [5.74, 6) is 1.15. The number of rotatable bonds is 4. The van der Waals surface area contributed by atoms with Crippen LogP contribution in [0.5, 0.6) is 0 Å². The van der Waals surface area contributed by atoms with Gasteiger partial charge in [-0.1, -0.05) is 12.2 Å². The summed E-state index contributed by atoms with van der Waals surface area (Å²) >= 11 is 0. The average molecular weight is 216 g/mol. The minimum atomic E-state index is -2.73. The fraction of sp³-hybridized carbons (Fsp3) is 0.700. The van der Waals surface area contributed by atoms with Crippen LogP contribution in [0.2, 0.25) is 0 Å². The van der Waals surface area contributed by atoms with E-state index in [4.69, 9.17) is 0 Å². The van der Waals surface area contributed by atoms with Crippen molar-refractivity contribution in [2.45, 2.75) is 25.7 Å². The zero-order valence-corrected chi connectivity index (χ0v) is 9.00. The molecule has 0 aliphatic carbocycles. The van der Waals surface area contributed by atoms with E-state index in [-0.39, 0.29) is 0 Å². The van der Waals surface area contributed by atoms with Crippen LogP contribution in [0.1, 0.15) is 25.7 Å². The highest BCUT2D eigenvalue weighted by Gasteiger charge is 2.22. The fourth-order valence-corrected chi connectivity index (χ4v) is 3.20. The molecule has 0 atom stereocenters. The molecule has 1 rings (SSSR count). The summed E-state index contributed by atoms with van der Waals surface area (Å²) in [5, 5.41) is 0. The Bertz CT molecular complexity index is 289. The van der Waals surface area contributed by atoms with E-state index in [9.17, 15) is 13.2 Å². The maximum Gasteiger partial charge on any atom is 0.150 e. The van der Waals surface area contributed by atoms with Gasteiger partial charge in [0.05, 0.1) is 11.5 Å². The van der Waals surface area contributed by atoms with E-state index in [2.05, 4.69) is 0 Å². The molecular weight excluding hydrogens is 200 g/mol. The number of sulfone groups is 1. The summed E-state index contributed by atoms with van der Waals surface area (Å²) in [6.45, 7) is 0. The smallest absolute Gasteiger partial charge is 0.150 e. The van der Waals surface area contributed by atoms with E-state index >= 15 is 0 Å². The Balaban J connectivity index is 2.26. The van der Waals surface area contributed by atoms with E-state index in [0.29, 0.717) is 23.8 Å². The molecule has 0 aromatic rings. The first-order valence-corrected chi connectivity index (χ1v) is 6.75. The molecule has 80 valence electrons. The Hall–Kier alpha value is -0.640. The normalized spacial score (nSPS) is 22.6. The van der Waals surface area contributed by atoms with Gasteiger partial charge in [-0.15, -0.1) is 0 Å². The Morgan fingerprint density at radius 1 is 1.14 bits per heavy atom. The molecule has 0 radical (unpaired) electrons. The third-order valence-corrected chi connectivity index (χ3v) is 4.26. The van der Waals surface area contributed by atoms with Gasteiger partial charge in [-0.3, -0.25) is 0 Å². The number of carbonyl (C=O) groups excluding carboxylic acids is 1. The van der Waals surface area contributed by atoms with Crippen molar-refractivity contribution < 1.29 is 13.2 Å². The topological polar surface area (TPSA) is 51.2 Å². The number of hydrogen-bond donors (Lipinski definition) is 0. The van der Waals surface area contributed by atoms with Crippen LogP contribution in [-0.4, -0.2) is 26.2 Å². The van der Waals surface area contributed by atoms with Gasteiger partial charge < -0.3 is 4.79 Å². The van der Waals surface area contributed by atoms with Crippen molar-refractivity contribution in [3.8, 4) is 0 Å². The minimum absolute atomic E-state index is 0.333. The Kier molecular flexibility index (Phi) is 4.32. The van der Waals surface area contributed by atoms with Gasteiger partial charge >= 0.3 is 0 Å². The molecule has 1 aliphatic rings. The van der Waals surface area contributed by atoms with Crippen molar-refractivity contribution in [2.24, 2.45) is 5.92 Å². The molecular formula is C10H16O3S. The highest BCUT2D eigenvalue weighted by atomic mass is 32.2. The van der Waals surface area contributed by atoms with Gasteiger partial charge in [0.25, 0.3) is 0 Å². The van der Waals surface area contributed by atoms with Gasteiger partial charge in [0.2, 0.25) is 0 Å². The highest BCUT2D eigenvalue weighted by molar-refractivity contribution is 7.91. The largest absolute Gasteiger partial charge is 0.303 e. The monoisotopic (exact) mass is 216 g/mol. The second-order valence-electron chi connectivity index (χ2n) is 3.70. The molecule has 1 aliphatic heterocycles. The zero-order chi connectivity index (χ0) is 10.4. The van der Waals surface area contributed by atoms with Crippen molar-refractivity contribution in [1.29, 1.82) is 0 Å². The molecule has 0 amide bonds. The lowest BCUT2D eigenvalue weighted by Crippen LogP contribution is -2.22. The number of carbonyl (C=O) groups is 1. The molecule has 0 aromatic heterocycles. The van der Waals surface area contributed by atoms with Crippen molar-refractivity contribution in [3.05, 3.63) is 12.2 Å². The molecule has 1 saturated heterocycles. The Morgan fingerprint density at radius 3 is 2.36 bits per heavy atom. The number of hydrogen-bond acceptors (Lipinski definition) is 3. The van der Waals surface area contributed by atoms with Gasteiger partial charge in [0.15, 0.2) is 0 Å². The van der Waals surface area contributed by atoms with Crippen molar-refractivity contribution in [1.82, 2.24) is 0 Å². The summed E-state index contributed by atoms with van der Waals surface area (Å²) in [4.78, 5) is 10.0. The molecule has 0 spiro atoms. The van der Waals surface area contributed by atoms with Crippen LogP contribution in [0.4, 0.5) is 0 Å². The fourth-order valence-electron chi connectivity index (χ4n) is 1.62. The van der Waals surface area contributed by atoms with Gasteiger partial charge in [-0.05, 0) is 25.2 Å². The van der Waals surface area contributed by atoms with Crippen LogP contribution in [0.25, 0.3) is 0 Å². The molecule has 0 unspecified atom stereocenters. The average Bonchev–Trinajstić information content (AvgIpc) is 2.15. The lowest BCUT2D eigenvalue weighted by Gasteiger charge is -2.20. The lowest BCUT2D eigenvalue weighted by atomic mass is 9.99. The highest BCUT2D eigenvalue weighted by Crippen LogP contribution is 2.22. The SMILES string of the molecule is O=CC/C=C\CC1CCS(=O)(=O)CC1. The summed E-state index contributed by atoms with van der Waals surface area (Å²) in [5.41, 5.74) is 0. The molecule has 4 heteroatoms. The Morgan fingerprint density at radius 2 is 1.79 bits per heavy atom. The van der Waals surface area contributed by atoms with Crippen LogP contribution in [-0.2, 0) is 14.6 Å².